The van der Waals surface area contributed by atoms with Crippen LogP contribution in [-0.2, 0) is 28.6 Å². The molecule has 6 nitrogen and oxygen atoms in total. The summed E-state index contributed by atoms with van der Waals surface area (Å²) in [6, 6.07) is 0. The highest BCUT2D eigenvalue weighted by atomic mass is 127. The second-order valence-electron chi connectivity index (χ2n) is 9.50. The Morgan fingerprint density at radius 2 is 1.93 bits per heavy atom. The van der Waals surface area contributed by atoms with E-state index in [1.807, 2.05) is 13.8 Å². The van der Waals surface area contributed by atoms with Crippen LogP contribution >= 0.6 is 22.6 Å². The fourth-order valence-corrected chi connectivity index (χ4v) is 6.78. The molecule has 0 spiro atoms. The van der Waals surface area contributed by atoms with E-state index in [2.05, 4.69) is 29.5 Å². The number of ether oxygens (including phenoxy) is 3. The molecule has 29 heavy (non-hydrogen) atoms. The molecule has 7 heteroatoms. The minimum atomic E-state index is -0.623. The van der Waals surface area contributed by atoms with Gasteiger partial charge in [0.2, 0.25) is 0 Å². The lowest BCUT2D eigenvalue weighted by atomic mass is 9.78. The Morgan fingerprint density at radius 1 is 1.24 bits per heavy atom. The number of carbonyl (C=O) groups excluding carboxylic acids is 3. The minimum absolute atomic E-state index is 0.0457. The summed E-state index contributed by atoms with van der Waals surface area (Å²) in [5, 5.41) is 0. The molecule has 3 aliphatic carbocycles. The van der Waals surface area contributed by atoms with Gasteiger partial charge in [-0.3, -0.25) is 14.4 Å². The predicted octanol–water partition coefficient (Wildman–Crippen LogP) is 3.97. The number of carbonyl (C=O) groups is 3. The molecule has 3 saturated carbocycles. The van der Waals surface area contributed by atoms with Crippen molar-refractivity contribution in [2.75, 3.05) is 0 Å². The molecule has 4 aliphatic rings. The first kappa shape index (κ1) is 21.4. The molecule has 1 saturated heterocycles. The van der Waals surface area contributed by atoms with Crippen molar-refractivity contribution in [3.05, 3.63) is 0 Å². The summed E-state index contributed by atoms with van der Waals surface area (Å²) < 4.78 is 16.9. The quantitative estimate of drug-likeness (QED) is 0.220. The fourth-order valence-electron chi connectivity index (χ4n) is 6.12. The number of rotatable bonds is 7. The van der Waals surface area contributed by atoms with E-state index >= 15 is 0 Å². The Labute approximate surface area is 185 Å². The zero-order valence-electron chi connectivity index (χ0n) is 17.4. The van der Waals surface area contributed by atoms with E-state index in [0.717, 1.165) is 38.5 Å². The fraction of sp³-hybridized carbons (Fsp3) is 0.864. The van der Waals surface area contributed by atoms with Crippen LogP contribution < -0.4 is 0 Å². The highest BCUT2D eigenvalue weighted by molar-refractivity contribution is 14.1. The van der Waals surface area contributed by atoms with Crippen LogP contribution in [-0.4, -0.2) is 39.1 Å². The Balaban J connectivity index is 1.53. The molecule has 2 bridgehead atoms. The van der Waals surface area contributed by atoms with Gasteiger partial charge in [0, 0.05) is 11.8 Å². The molecule has 0 N–H and O–H groups in total. The lowest BCUT2D eigenvalue weighted by molar-refractivity contribution is -0.175. The number of esters is 3. The van der Waals surface area contributed by atoms with Crippen LogP contribution in [0.5, 0.6) is 0 Å². The van der Waals surface area contributed by atoms with Gasteiger partial charge in [0.1, 0.15) is 21.2 Å². The maximum absolute atomic E-state index is 13.2. The molecule has 4 rings (SSSR count). The van der Waals surface area contributed by atoms with Crippen LogP contribution in [0.2, 0.25) is 0 Å². The predicted molar refractivity (Wildman–Crippen MR) is 113 cm³/mol. The van der Waals surface area contributed by atoms with Gasteiger partial charge in [-0.1, -0.05) is 42.9 Å². The third kappa shape index (κ3) is 3.49. The summed E-state index contributed by atoms with van der Waals surface area (Å²) in [7, 11) is 0. The van der Waals surface area contributed by atoms with E-state index in [-0.39, 0.29) is 29.7 Å². The molecule has 0 aromatic rings. The number of alkyl halides is 1. The summed E-state index contributed by atoms with van der Waals surface area (Å²) in [5.74, 6) is -2.15. The van der Waals surface area contributed by atoms with Crippen LogP contribution in [0.1, 0.15) is 72.1 Å². The van der Waals surface area contributed by atoms with Crippen LogP contribution in [0.25, 0.3) is 0 Å². The van der Waals surface area contributed by atoms with Crippen LogP contribution in [0.15, 0.2) is 0 Å². The molecule has 0 aromatic carbocycles. The van der Waals surface area contributed by atoms with Gasteiger partial charge in [0.05, 0.1) is 11.8 Å². The average molecular weight is 518 g/mol. The molecule has 0 amide bonds. The zero-order valence-corrected chi connectivity index (χ0v) is 19.6. The van der Waals surface area contributed by atoms with E-state index in [9.17, 15) is 14.4 Å². The van der Waals surface area contributed by atoms with Crippen LogP contribution in [0, 0.1) is 23.7 Å². The van der Waals surface area contributed by atoms with Crippen molar-refractivity contribution in [1.29, 1.82) is 0 Å². The van der Waals surface area contributed by atoms with Crippen LogP contribution in [0.3, 0.4) is 0 Å². The van der Waals surface area contributed by atoms with Crippen molar-refractivity contribution in [2.45, 2.75) is 93.4 Å². The normalized spacial score (nSPS) is 38.6. The first-order valence-corrected chi connectivity index (χ1v) is 12.1. The Morgan fingerprint density at radius 3 is 2.55 bits per heavy atom. The molecular formula is C22H31IO6. The van der Waals surface area contributed by atoms with E-state index < -0.39 is 33.1 Å². The van der Waals surface area contributed by atoms with E-state index in [1.165, 1.54) is 0 Å². The second-order valence-corrected chi connectivity index (χ2v) is 11.9. The first-order chi connectivity index (χ1) is 13.7. The lowest BCUT2D eigenvalue weighted by Gasteiger charge is -2.35. The van der Waals surface area contributed by atoms with Crippen molar-refractivity contribution in [3.8, 4) is 0 Å². The molecular weight excluding hydrogens is 487 g/mol. The van der Waals surface area contributed by atoms with Gasteiger partial charge in [-0.15, -0.1) is 0 Å². The summed E-state index contributed by atoms with van der Waals surface area (Å²) >= 11 is 2.14. The van der Waals surface area contributed by atoms with E-state index in [1.54, 1.807) is 0 Å². The Hall–Kier alpha value is -0.860. The van der Waals surface area contributed by atoms with Gasteiger partial charge in [-0.2, -0.15) is 0 Å². The largest absolute Gasteiger partial charge is 0.459 e. The standard InChI is InChI=1S/C22H31IO6/c1-4-8-21(3,23)20(26)28-17-13-11-12-14(18(24)27-16(12)17)15(13)19(25)29-22(5-2)9-6-7-10-22/h12-17H,4-11H2,1-3H3. The number of hydrogen-bond donors (Lipinski definition) is 0. The van der Waals surface area contributed by atoms with Gasteiger partial charge < -0.3 is 14.2 Å². The number of fused-ring (bicyclic) bond motifs is 1. The molecule has 0 radical (unpaired) electrons. The van der Waals surface area contributed by atoms with Gasteiger partial charge in [-0.05, 0) is 51.9 Å². The minimum Gasteiger partial charge on any atom is -0.459 e. The van der Waals surface area contributed by atoms with Crippen molar-refractivity contribution in [2.24, 2.45) is 23.7 Å². The van der Waals surface area contributed by atoms with Crippen molar-refractivity contribution in [1.82, 2.24) is 0 Å². The molecule has 7 unspecified atom stereocenters. The maximum Gasteiger partial charge on any atom is 0.322 e. The second kappa shape index (κ2) is 7.68. The van der Waals surface area contributed by atoms with E-state index in [0.29, 0.717) is 12.8 Å². The molecule has 7 atom stereocenters. The molecule has 1 heterocycles. The monoisotopic (exact) mass is 518 g/mol. The summed E-state index contributed by atoms with van der Waals surface area (Å²) in [5.41, 5.74) is -0.394. The van der Waals surface area contributed by atoms with Crippen LogP contribution in [0.4, 0.5) is 0 Å². The number of hydrogen-bond acceptors (Lipinski definition) is 6. The van der Waals surface area contributed by atoms with Crippen molar-refractivity contribution >= 4 is 40.5 Å². The third-order valence-corrected chi connectivity index (χ3v) is 8.66. The summed E-state index contributed by atoms with van der Waals surface area (Å²) in [6.07, 6.45) is 6.01. The molecule has 1 aliphatic heterocycles. The van der Waals surface area contributed by atoms with Gasteiger partial charge >= 0.3 is 17.9 Å². The highest BCUT2D eigenvalue weighted by Crippen LogP contribution is 2.59. The van der Waals surface area contributed by atoms with Gasteiger partial charge in [0.15, 0.2) is 0 Å². The average Bonchev–Trinajstić information content (AvgIpc) is 3.39. The van der Waals surface area contributed by atoms with E-state index in [4.69, 9.17) is 14.2 Å². The molecule has 162 valence electrons. The first-order valence-electron chi connectivity index (χ1n) is 11.1. The molecule has 4 fully saturated rings. The lowest BCUT2D eigenvalue weighted by Crippen LogP contribution is -2.47. The summed E-state index contributed by atoms with van der Waals surface area (Å²) in [4.78, 5) is 38.6. The van der Waals surface area contributed by atoms with Gasteiger partial charge in [-0.25, -0.2) is 0 Å². The molecule has 0 aromatic heterocycles. The third-order valence-electron chi connectivity index (χ3n) is 7.68. The highest BCUT2D eigenvalue weighted by Gasteiger charge is 2.70. The van der Waals surface area contributed by atoms with Gasteiger partial charge in [0.25, 0.3) is 0 Å². The zero-order chi connectivity index (χ0) is 21.0. The topological polar surface area (TPSA) is 78.9 Å². The Bertz CT molecular complexity index is 697. The smallest absolute Gasteiger partial charge is 0.322 e. The Kier molecular flexibility index (Phi) is 5.66. The van der Waals surface area contributed by atoms with Crippen molar-refractivity contribution < 1.29 is 28.6 Å². The van der Waals surface area contributed by atoms with Crippen molar-refractivity contribution in [3.63, 3.8) is 0 Å². The summed E-state index contributed by atoms with van der Waals surface area (Å²) in [6.45, 7) is 5.95. The SMILES string of the molecule is CCCC(C)(I)C(=O)OC1C2CC3C1OC(=O)C3C2C(=O)OC1(CC)CCCC1. The maximum atomic E-state index is 13.2. The number of halogens is 1.